The van der Waals surface area contributed by atoms with Crippen LogP contribution >= 0.6 is 0 Å². The largest absolute Gasteiger partial charge is 0.493 e. The van der Waals surface area contributed by atoms with Gasteiger partial charge in [-0.15, -0.1) is 0 Å². The van der Waals surface area contributed by atoms with Gasteiger partial charge in [-0.2, -0.15) is 5.26 Å². The third-order valence-electron chi connectivity index (χ3n) is 2.57. The second kappa shape index (κ2) is 5.04. The van der Waals surface area contributed by atoms with Crippen LogP contribution in [-0.2, 0) is 4.74 Å². The van der Waals surface area contributed by atoms with Gasteiger partial charge in [0, 0.05) is 6.07 Å². The van der Waals surface area contributed by atoms with Crippen molar-refractivity contribution in [3.05, 3.63) is 23.8 Å². The van der Waals surface area contributed by atoms with E-state index in [1.54, 1.807) is 18.2 Å². The lowest BCUT2D eigenvalue weighted by molar-refractivity contribution is 0.0715. The minimum atomic E-state index is -0.648. The summed E-state index contributed by atoms with van der Waals surface area (Å²) in [6.45, 7) is 0.603. The summed E-state index contributed by atoms with van der Waals surface area (Å²) in [7, 11) is 1.52. The zero-order chi connectivity index (χ0) is 12.3. The molecule has 0 aromatic heterocycles. The molecule has 0 amide bonds. The monoisotopic (exact) mass is 235 g/mol. The van der Waals surface area contributed by atoms with Gasteiger partial charge in [0.1, 0.15) is 6.10 Å². The SMILES string of the molecule is COc1ccc(C#N)cc1OC1COCC1O. The third kappa shape index (κ3) is 2.49. The Balaban J connectivity index is 2.21. The first-order chi connectivity index (χ1) is 8.24. The third-order valence-corrected chi connectivity index (χ3v) is 2.57. The van der Waals surface area contributed by atoms with Crippen molar-refractivity contribution < 1.29 is 19.3 Å². The van der Waals surface area contributed by atoms with Crippen LogP contribution in [0.2, 0.25) is 0 Å². The van der Waals surface area contributed by atoms with E-state index in [0.29, 0.717) is 23.7 Å². The summed E-state index contributed by atoms with van der Waals surface area (Å²) in [5.41, 5.74) is 0.481. The lowest BCUT2D eigenvalue weighted by Crippen LogP contribution is -2.29. The van der Waals surface area contributed by atoms with Crippen LogP contribution in [0.1, 0.15) is 5.56 Å². The fourth-order valence-corrected chi connectivity index (χ4v) is 1.64. The van der Waals surface area contributed by atoms with Gasteiger partial charge in [-0.25, -0.2) is 0 Å². The Morgan fingerprint density at radius 3 is 2.82 bits per heavy atom. The number of aliphatic hydroxyl groups is 1. The number of aliphatic hydroxyl groups excluding tert-OH is 1. The number of hydrogen-bond acceptors (Lipinski definition) is 5. The van der Waals surface area contributed by atoms with Crippen LogP contribution < -0.4 is 9.47 Å². The van der Waals surface area contributed by atoms with E-state index < -0.39 is 12.2 Å². The Morgan fingerprint density at radius 2 is 2.24 bits per heavy atom. The number of nitriles is 1. The molecule has 1 aromatic rings. The van der Waals surface area contributed by atoms with Gasteiger partial charge in [0.05, 0.1) is 32.0 Å². The van der Waals surface area contributed by atoms with Crippen LogP contribution in [0, 0.1) is 11.3 Å². The molecule has 1 fully saturated rings. The number of nitrogens with zero attached hydrogens (tertiary/aromatic N) is 1. The fraction of sp³-hybridized carbons (Fsp3) is 0.417. The van der Waals surface area contributed by atoms with E-state index in [4.69, 9.17) is 19.5 Å². The van der Waals surface area contributed by atoms with Crippen molar-refractivity contribution in [3.63, 3.8) is 0 Å². The molecule has 1 heterocycles. The molecular formula is C12H13NO4. The van der Waals surface area contributed by atoms with Gasteiger partial charge < -0.3 is 19.3 Å². The lowest BCUT2D eigenvalue weighted by Gasteiger charge is -2.17. The topological polar surface area (TPSA) is 71.7 Å². The summed E-state index contributed by atoms with van der Waals surface area (Å²) in [6, 6.07) is 6.92. The van der Waals surface area contributed by atoms with E-state index in [0.717, 1.165) is 0 Å². The Kier molecular flexibility index (Phi) is 3.47. The molecule has 0 aliphatic carbocycles. The lowest BCUT2D eigenvalue weighted by atomic mass is 10.2. The maximum Gasteiger partial charge on any atom is 0.163 e. The van der Waals surface area contributed by atoms with Crippen LogP contribution in [0.15, 0.2) is 18.2 Å². The fourth-order valence-electron chi connectivity index (χ4n) is 1.64. The van der Waals surface area contributed by atoms with Crippen molar-refractivity contribution in [1.82, 2.24) is 0 Å². The minimum absolute atomic E-state index is 0.269. The van der Waals surface area contributed by atoms with Crippen molar-refractivity contribution >= 4 is 0 Å². The quantitative estimate of drug-likeness (QED) is 0.835. The summed E-state index contributed by atoms with van der Waals surface area (Å²) in [5, 5.41) is 18.4. The molecule has 0 bridgehead atoms. The predicted molar refractivity (Wildman–Crippen MR) is 59.0 cm³/mol. The predicted octanol–water partition coefficient (Wildman–Crippen LogP) is 0.705. The molecule has 1 aliphatic rings. The first-order valence-corrected chi connectivity index (χ1v) is 5.25. The van der Waals surface area contributed by atoms with Gasteiger partial charge in [-0.1, -0.05) is 0 Å². The molecule has 17 heavy (non-hydrogen) atoms. The number of methoxy groups -OCH3 is 1. The summed E-state index contributed by atoms with van der Waals surface area (Å²) >= 11 is 0. The normalized spacial score (nSPS) is 23.1. The zero-order valence-corrected chi connectivity index (χ0v) is 9.42. The summed E-state index contributed by atoms with van der Waals surface area (Å²) in [6.07, 6.45) is -1.07. The molecule has 1 aliphatic heterocycles. The summed E-state index contributed by atoms with van der Waals surface area (Å²) in [4.78, 5) is 0. The van der Waals surface area contributed by atoms with Gasteiger partial charge in [0.25, 0.3) is 0 Å². The first kappa shape index (κ1) is 11.7. The summed E-state index contributed by atoms with van der Waals surface area (Å²) in [5.74, 6) is 0.976. The average molecular weight is 235 g/mol. The van der Waals surface area contributed by atoms with E-state index >= 15 is 0 Å². The Hall–Kier alpha value is -1.77. The minimum Gasteiger partial charge on any atom is -0.493 e. The number of rotatable bonds is 3. The van der Waals surface area contributed by atoms with Crippen molar-refractivity contribution in [2.24, 2.45) is 0 Å². The van der Waals surface area contributed by atoms with Crippen molar-refractivity contribution in [3.8, 4) is 17.6 Å². The van der Waals surface area contributed by atoms with Crippen LogP contribution in [-0.4, -0.2) is 37.6 Å². The van der Waals surface area contributed by atoms with Crippen molar-refractivity contribution in [1.29, 1.82) is 5.26 Å². The molecule has 1 saturated heterocycles. The van der Waals surface area contributed by atoms with Crippen LogP contribution in [0.3, 0.4) is 0 Å². The van der Waals surface area contributed by atoms with Crippen molar-refractivity contribution in [2.45, 2.75) is 12.2 Å². The number of ether oxygens (including phenoxy) is 3. The van der Waals surface area contributed by atoms with Gasteiger partial charge in [0.15, 0.2) is 17.6 Å². The van der Waals surface area contributed by atoms with Crippen LogP contribution in [0.25, 0.3) is 0 Å². The van der Waals surface area contributed by atoms with Crippen LogP contribution in [0.5, 0.6) is 11.5 Å². The first-order valence-electron chi connectivity index (χ1n) is 5.25. The molecule has 0 radical (unpaired) electrons. The molecule has 1 N–H and O–H groups in total. The zero-order valence-electron chi connectivity index (χ0n) is 9.42. The Bertz CT molecular complexity index is 441. The second-order valence-electron chi connectivity index (χ2n) is 3.74. The molecule has 2 unspecified atom stereocenters. The standard InChI is InChI=1S/C12H13NO4/c1-15-10-3-2-8(5-13)4-11(10)17-12-7-16-6-9(12)14/h2-4,9,12,14H,6-7H2,1H3. The average Bonchev–Trinajstić information content (AvgIpc) is 2.75. The van der Waals surface area contributed by atoms with E-state index in [-0.39, 0.29) is 6.61 Å². The number of benzene rings is 1. The molecule has 2 atom stereocenters. The van der Waals surface area contributed by atoms with E-state index in [1.807, 2.05) is 6.07 Å². The Morgan fingerprint density at radius 1 is 1.41 bits per heavy atom. The van der Waals surface area contributed by atoms with E-state index in [2.05, 4.69) is 0 Å². The maximum absolute atomic E-state index is 9.58. The number of hydrogen-bond donors (Lipinski definition) is 1. The maximum atomic E-state index is 9.58. The van der Waals surface area contributed by atoms with Gasteiger partial charge in [-0.05, 0) is 12.1 Å². The highest BCUT2D eigenvalue weighted by molar-refractivity contribution is 5.46. The molecule has 1 aromatic carbocycles. The van der Waals surface area contributed by atoms with Crippen LogP contribution in [0.4, 0.5) is 0 Å². The molecule has 5 nitrogen and oxygen atoms in total. The van der Waals surface area contributed by atoms with E-state index in [1.165, 1.54) is 7.11 Å². The van der Waals surface area contributed by atoms with Gasteiger partial charge in [0.2, 0.25) is 0 Å². The highest BCUT2D eigenvalue weighted by atomic mass is 16.6. The second-order valence-corrected chi connectivity index (χ2v) is 3.74. The molecule has 0 spiro atoms. The van der Waals surface area contributed by atoms with E-state index in [9.17, 15) is 5.11 Å². The molecule has 5 heteroatoms. The molecule has 0 saturated carbocycles. The van der Waals surface area contributed by atoms with Gasteiger partial charge >= 0.3 is 0 Å². The summed E-state index contributed by atoms with van der Waals surface area (Å²) < 4.78 is 15.8. The van der Waals surface area contributed by atoms with Gasteiger partial charge in [-0.3, -0.25) is 0 Å². The molecule has 90 valence electrons. The highest BCUT2D eigenvalue weighted by Crippen LogP contribution is 2.30. The smallest absolute Gasteiger partial charge is 0.163 e. The Labute approximate surface area is 99.1 Å². The molecule has 2 rings (SSSR count). The highest BCUT2D eigenvalue weighted by Gasteiger charge is 2.28. The van der Waals surface area contributed by atoms with Crippen molar-refractivity contribution in [2.75, 3.05) is 20.3 Å². The molecular weight excluding hydrogens is 222 g/mol.